The molecule has 0 saturated carbocycles. The average molecular weight is 285 g/mol. The van der Waals surface area contributed by atoms with E-state index in [0.29, 0.717) is 12.5 Å². The van der Waals surface area contributed by atoms with Crippen LogP contribution in [0.1, 0.15) is 12.8 Å². The van der Waals surface area contributed by atoms with Crippen LogP contribution in [0.4, 0.5) is 5.69 Å². The highest BCUT2D eigenvalue weighted by Gasteiger charge is 2.23. The molecule has 2 fully saturated rings. The van der Waals surface area contributed by atoms with Gasteiger partial charge in [0.1, 0.15) is 7.85 Å². The summed E-state index contributed by atoms with van der Waals surface area (Å²) in [6.45, 7) is 6.38. The standard InChI is InChI=1S/C16H24BN3O/c17-14-4-3-5-15(12-14)19-8-10-20(11-9-19)16(21)13-18-6-1-2-7-18/h3-5,12H,1-2,6-11,13,17H2. The quantitative estimate of drug-likeness (QED) is 0.713. The van der Waals surface area contributed by atoms with Gasteiger partial charge < -0.3 is 9.80 Å². The first kappa shape index (κ1) is 14.5. The van der Waals surface area contributed by atoms with Gasteiger partial charge in [-0.2, -0.15) is 0 Å². The van der Waals surface area contributed by atoms with E-state index in [2.05, 4.69) is 41.9 Å². The molecule has 1 aromatic carbocycles. The summed E-state index contributed by atoms with van der Waals surface area (Å²) >= 11 is 0. The summed E-state index contributed by atoms with van der Waals surface area (Å²) in [4.78, 5) is 19.0. The van der Waals surface area contributed by atoms with E-state index in [1.165, 1.54) is 24.0 Å². The van der Waals surface area contributed by atoms with Crippen molar-refractivity contribution >= 4 is 24.9 Å². The molecule has 4 nitrogen and oxygen atoms in total. The normalized spacial score (nSPS) is 20.0. The smallest absolute Gasteiger partial charge is 0.236 e. The summed E-state index contributed by atoms with van der Waals surface area (Å²) in [5.74, 6) is 0.306. The lowest BCUT2D eigenvalue weighted by molar-refractivity contribution is -0.132. The van der Waals surface area contributed by atoms with E-state index in [1.54, 1.807) is 0 Å². The SMILES string of the molecule is Bc1cccc(N2CCN(C(=O)CN3CCCC3)CC2)c1. The number of amides is 1. The maximum Gasteiger partial charge on any atom is 0.236 e. The Labute approximate surface area is 128 Å². The van der Waals surface area contributed by atoms with Crippen LogP contribution in [-0.4, -0.2) is 69.4 Å². The highest BCUT2D eigenvalue weighted by atomic mass is 16.2. The lowest BCUT2D eigenvalue weighted by atomic mass is 9.96. The third-order valence-corrected chi connectivity index (χ3v) is 4.56. The summed E-state index contributed by atoms with van der Waals surface area (Å²) in [6, 6.07) is 8.62. The van der Waals surface area contributed by atoms with Crippen LogP contribution in [0.5, 0.6) is 0 Å². The number of piperazine rings is 1. The first-order valence-electron chi connectivity index (χ1n) is 8.04. The lowest BCUT2D eigenvalue weighted by Gasteiger charge is -2.36. The van der Waals surface area contributed by atoms with Crippen LogP contribution >= 0.6 is 0 Å². The molecule has 2 heterocycles. The van der Waals surface area contributed by atoms with E-state index >= 15 is 0 Å². The van der Waals surface area contributed by atoms with Crippen LogP contribution in [-0.2, 0) is 4.79 Å². The molecule has 2 aliphatic rings. The highest BCUT2D eigenvalue weighted by Crippen LogP contribution is 2.15. The number of nitrogens with zero attached hydrogens (tertiary/aromatic N) is 3. The van der Waals surface area contributed by atoms with Gasteiger partial charge in [-0.05, 0) is 38.1 Å². The van der Waals surface area contributed by atoms with E-state index < -0.39 is 0 Å². The molecule has 112 valence electrons. The van der Waals surface area contributed by atoms with Gasteiger partial charge in [0.05, 0.1) is 6.54 Å². The van der Waals surface area contributed by atoms with Gasteiger partial charge >= 0.3 is 0 Å². The Balaban J connectivity index is 1.51. The number of carbonyl (C=O) groups excluding carboxylic acids is 1. The summed E-state index contributed by atoms with van der Waals surface area (Å²) < 4.78 is 0. The highest BCUT2D eigenvalue weighted by molar-refractivity contribution is 6.32. The summed E-state index contributed by atoms with van der Waals surface area (Å²) in [5, 5.41) is 0. The van der Waals surface area contributed by atoms with Gasteiger partial charge in [0.2, 0.25) is 5.91 Å². The fraction of sp³-hybridized carbons (Fsp3) is 0.562. The number of carbonyl (C=O) groups is 1. The molecular weight excluding hydrogens is 261 g/mol. The van der Waals surface area contributed by atoms with E-state index in [1.807, 2.05) is 4.90 Å². The number of benzene rings is 1. The second-order valence-corrected chi connectivity index (χ2v) is 6.19. The molecule has 0 atom stereocenters. The van der Waals surface area contributed by atoms with Crippen LogP contribution in [0, 0.1) is 0 Å². The molecule has 0 N–H and O–H groups in total. The van der Waals surface area contributed by atoms with E-state index in [4.69, 9.17) is 0 Å². The molecule has 21 heavy (non-hydrogen) atoms. The van der Waals surface area contributed by atoms with Crippen molar-refractivity contribution in [1.29, 1.82) is 0 Å². The third kappa shape index (κ3) is 3.59. The second-order valence-electron chi connectivity index (χ2n) is 6.19. The monoisotopic (exact) mass is 285 g/mol. The fourth-order valence-electron chi connectivity index (χ4n) is 3.27. The van der Waals surface area contributed by atoms with Gasteiger partial charge in [-0.1, -0.05) is 17.6 Å². The first-order chi connectivity index (χ1) is 10.2. The first-order valence-corrected chi connectivity index (χ1v) is 8.04. The van der Waals surface area contributed by atoms with Gasteiger partial charge in [-0.3, -0.25) is 9.69 Å². The lowest BCUT2D eigenvalue weighted by Crippen LogP contribution is -2.51. The minimum absolute atomic E-state index is 0.306. The van der Waals surface area contributed by atoms with Crippen molar-refractivity contribution in [3.05, 3.63) is 24.3 Å². The average Bonchev–Trinajstić information content (AvgIpc) is 3.00. The molecule has 5 heteroatoms. The maximum absolute atomic E-state index is 12.3. The molecule has 1 amide bonds. The molecule has 0 bridgehead atoms. The second kappa shape index (κ2) is 6.52. The molecular formula is C16H24BN3O. The predicted molar refractivity (Wildman–Crippen MR) is 89.1 cm³/mol. The van der Waals surface area contributed by atoms with Crippen LogP contribution in [0.2, 0.25) is 0 Å². The Morgan fingerprint density at radius 3 is 2.43 bits per heavy atom. The van der Waals surface area contributed by atoms with Crippen LogP contribution in [0.15, 0.2) is 24.3 Å². The van der Waals surface area contributed by atoms with Gasteiger partial charge in [-0.25, -0.2) is 0 Å². The zero-order valence-electron chi connectivity index (χ0n) is 12.9. The maximum atomic E-state index is 12.3. The van der Waals surface area contributed by atoms with Crippen molar-refractivity contribution in [2.45, 2.75) is 12.8 Å². The molecule has 2 saturated heterocycles. The molecule has 0 aliphatic carbocycles. The number of hydrogen-bond acceptors (Lipinski definition) is 3. The Morgan fingerprint density at radius 2 is 1.76 bits per heavy atom. The molecule has 1 aromatic rings. The van der Waals surface area contributed by atoms with Crippen molar-refractivity contribution in [2.75, 3.05) is 50.7 Å². The van der Waals surface area contributed by atoms with E-state index in [0.717, 1.165) is 39.3 Å². The Kier molecular flexibility index (Phi) is 4.49. The molecule has 0 aromatic heterocycles. The summed E-state index contributed by atoms with van der Waals surface area (Å²) in [5.41, 5.74) is 2.57. The van der Waals surface area contributed by atoms with Crippen molar-refractivity contribution in [3.8, 4) is 0 Å². The summed E-state index contributed by atoms with van der Waals surface area (Å²) in [6.07, 6.45) is 2.49. The van der Waals surface area contributed by atoms with Crippen molar-refractivity contribution in [1.82, 2.24) is 9.80 Å². The van der Waals surface area contributed by atoms with Gasteiger partial charge in [0.25, 0.3) is 0 Å². The number of hydrogen-bond donors (Lipinski definition) is 0. The predicted octanol–water partition coefficient (Wildman–Crippen LogP) is -0.311. The van der Waals surface area contributed by atoms with E-state index in [9.17, 15) is 4.79 Å². The van der Waals surface area contributed by atoms with E-state index in [-0.39, 0.29) is 0 Å². The number of rotatable bonds is 3. The van der Waals surface area contributed by atoms with Crippen LogP contribution in [0.25, 0.3) is 0 Å². The zero-order chi connectivity index (χ0) is 14.7. The Morgan fingerprint density at radius 1 is 1.05 bits per heavy atom. The molecule has 0 radical (unpaired) electrons. The Hall–Kier alpha value is -1.49. The largest absolute Gasteiger partial charge is 0.368 e. The van der Waals surface area contributed by atoms with Crippen molar-refractivity contribution in [3.63, 3.8) is 0 Å². The Bertz CT molecular complexity index is 494. The third-order valence-electron chi connectivity index (χ3n) is 4.56. The van der Waals surface area contributed by atoms with Crippen LogP contribution in [0.3, 0.4) is 0 Å². The number of anilines is 1. The minimum atomic E-state index is 0.306. The molecule has 3 rings (SSSR count). The van der Waals surface area contributed by atoms with Gasteiger partial charge in [0.15, 0.2) is 0 Å². The van der Waals surface area contributed by atoms with Crippen molar-refractivity contribution in [2.24, 2.45) is 0 Å². The molecule has 0 unspecified atom stereocenters. The van der Waals surface area contributed by atoms with Crippen LogP contribution < -0.4 is 10.4 Å². The minimum Gasteiger partial charge on any atom is -0.368 e. The van der Waals surface area contributed by atoms with Gasteiger partial charge in [0, 0.05) is 31.9 Å². The fourth-order valence-corrected chi connectivity index (χ4v) is 3.27. The zero-order valence-corrected chi connectivity index (χ0v) is 12.9. The number of likely N-dealkylation sites (tertiary alicyclic amines) is 1. The molecule has 2 aliphatic heterocycles. The van der Waals surface area contributed by atoms with Gasteiger partial charge in [-0.15, -0.1) is 0 Å². The summed E-state index contributed by atoms with van der Waals surface area (Å²) in [7, 11) is 2.12. The molecule has 0 spiro atoms. The van der Waals surface area contributed by atoms with Crippen molar-refractivity contribution < 1.29 is 4.79 Å². The topological polar surface area (TPSA) is 26.8 Å².